The Balaban J connectivity index is 2.35. The van der Waals surface area contributed by atoms with E-state index in [2.05, 4.69) is 0 Å². The van der Waals surface area contributed by atoms with Crippen LogP contribution in [0.4, 0.5) is 0 Å². The molecule has 2 aromatic rings. The van der Waals surface area contributed by atoms with E-state index in [-0.39, 0.29) is 12.2 Å². The van der Waals surface area contributed by atoms with Crippen molar-refractivity contribution in [1.29, 1.82) is 0 Å². The Morgan fingerprint density at radius 2 is 1.78 bits per heavy atom. The number of aliphatic carboxylic acids is 1. The Bertz CT molecular complexity index is 576. The molecule has 0 heterocycles. The van der Waals surface area contributed by atoms with Crippen LogP contribution in [0, 0.1) is 0 Å². The highest BCUT2D eigenvalue weighted by atomic mass is 35.5. The lowest BCUT2D eigenvalue weighted by Crippen LogP contribution is -1.99. The molecule has 2 aromatic carbocycles. The Labute approximate surface area is 109 Å². The standard InChI is InChI=1S/C14H11ClO3/c15-13-7-9(8-14(17)18)1-6-12(13)10-2-4-11(16)5-3-10/h1-7,16H,8H2,(H,17,18). The number of benzene rings is 2. The van der Waals surface area contributed by atoms with E-state index in [0.717, 1.165) is 11.1 Å². The van der Waals surface area contributed by atoms with Gasteiger partial charge in [-0.05, 0) is 29.3 Å². The summed E-state index contributed by atoms with van der Waals surface area (Å²) in [5.41, 5.74) is 2.35. The number of hydrogen-bond donors (Lipinski definition) is 2. The lowest BCUT2D eigenvalue weighted by atomic mass is 10.0. The van der Waals surface area contributed by atoms with Crippen LogP contribution < -0.4 is 0 Å². The highest BCUT2D eigenvalue weighted by Crippen LogP contribution is 2.29. The molecule has 0 aromatic heterocycles. The van der Waals surface area contributed by atoms with Gasteiger partial charge in [0.15, 0.2) is 0 Å². The van der Waals surface area contributed by atoms with Gasteiger partial charge in [0.1, 0.15) is 5.75 Å². The molecule has 0 atom stereocenters. The molecule has 0 amide bonds. The molecule has 0 saturated heterocycles. The zero-order valence-corrected chi connectivity index (χ0v) is 10.2. The number of phenols is 1. The Morgan fingerprint density at radius 3 is 2.33 bits per heavy atom. The van der Waals surface area contributed by atoms with Gasteiger partial charge in [0, 0.05) is 10.6 Å². The zero-order valence-electron chi connectivity index (χ0n) is 9.43. The quantitative estimate of drug-likeness (QED) is 0.892. The minimum absolute atomic E-state index is 0.0461. The highest BCUT2D eigenvalue weighted by Gasteiger charge is 2.07. The maximum absolute atomic E-state index is 10.6. The van der Waals surface area contributed by atoms with Gasteiger partial charge in [-0.15, -0.1) is 0 Å². The topological polar surface area (TPSA) is 57.5 Å². The Hall–Kier alpha value is -2.00. The average Bonchev–Trinajstić information content (AvgIpc) is 2.30. The Morgan fingerprint density at radius 1 is 1.11 bits per heavy atom. The third-order valence-corrected chi connectivity index (χ3v) is 2.88. The van der Waals surface area contributed by atoms with Crippen molar-refractivity contribution in [2.75, 3.05) is 0 Å². The predicted molar refractivity (Wildman–Crippen MR) is 69.9 cm³/mol. The van der Waals surface area contributed by atoms with E-state index in [9.17, 15) is 9.90 Å². The second kappa shape index (κ2) is 5.10. The molecule has 0 bridgehead atoms. The summed E-state index contributed by atoms with van der Waals surface area (Å²) in [5, 5.41) is 18.4. The second-order valence-electron chi connectivity index (χ2n) is 3.93. The molecule has 0 spiro atoms. The molecule has 2 N–H and O–H groups in total. The van der Waals surface area contributed by atoms with Crippen LogP contribution in [-0.4, -0.2) is 16.2 Å². The SMILES string of the molecule is O=C(O)Cc1ccc(-c2ccc(O)cc2)c(Cl)c1. The van der Waals surface area contributed by atoms with Gasteiger partial charge in [-0.2, -0.15) is 0 Å². The third-order valence-electron chi connectivity index (χ3n) is 2.57. The van der Waals surface area contributed by atoms with Gasteiger partial charge in [0.25, 0.3) is 0 Å². The van der Waals surface area contributed by atoms with Crippen LogP contribution in [0.15, 0.2) is 42.5 Å². The molecule has 0 aliphatic heterocycles. The first kappa shape index (κ1) is 12.5. The number of rotatable bonds is 3. The van der Waals surface area contributed by atoms with E-state index < -0.39 is 5.97 Å². The fraction of sp³-hybridized carbons (Fsp3) is 0.0714. The zero-order chi connectivity index (χ0) is 13.1. The summed E-state index contributed by atoms with van der Waals surface area (Å²) in [5.74, 6) is -0.694. The first-order chi connectivity index (χ1) is 8.56. The molecule has 18 heavy (non-hydrogen) atoms. The van der Waals surface area contributed by atoms with E-state index in [1.54, 1.807) is 42.5 Å². The lowest BCUT2D eigenvalue weighted by Gasteiger charge is -2.06. The van der Waals surface area contributed by atoms with E-state index >= 15 is 0 Å². The number of halogens is 1. The summed E-state index contributed by atoms with van der Waals surface area (Å²) in [6, 6.07) is 11.8. The normalized spacial score (nSPS) is 10.3. The van der Waals surface area contributed by atoms with Crippen LogP contribution in [0.5, 0.6) is 5.75 Å². The highest BCUT2D eigenvalue weighted by molar-refractivity contribution is 6.33. The molecule has 3 nitrogen and oxygen atoms in total. The third kappa shape index (κ3) is 2.81. The average molecular weight is 263 g/mol. The molecule has 0 saturated carbocycles. The monoisotopic (exact) mass is 262 g/mol. The van der Waals surface area contributed by atoms with Crippen LogP contribution in [0.1, 0.15) is 5.56 Å². The summed E-state index contributed by atoms with van der Waals surface area (Å²) >= 11 is 6.13. The molecular formula is C14H11ClO3. The van der Waals surface area contributed by atoms with E-state index in [4.69, 9.17) is 16.7 Å². The van der Waals surface area contributed by atoms with Crippen molar-refractivity contribution >= 4 is 17.6 Å². The molecule has 0 aliphatic rings. The first-order valence-electron chi connectivity index (χ1n) is 5.36. The van der Waals surface area contributed by atoms with Crippen molar-refractivity contribution in [3.8, 4) is 16.9 Å². The van der Waals surface area contributed by atoms with Gasteiger partial charge in [0.05, 0.1) is 6.42 Å². The molecule has 0 aliphatic carbocycles. The summed E-state index contributed by atoms with van der Waals surface area (Å²) in [6.45, 7) is 0. The maximum Gasteiger partial charge on any atom is 0.307 e. The van der Waals surface area contributed by atoms with Gasteiger partial charge in [-0.1, -0.05) is 35.9 Å². The van der Waals surface area contributed by atoms with Gasteiger partial charge in [-0.3, -0.25) is 4.79 Å². The predicted octanol–water partition coefficient (Wildman–Crippen LogP) is 3.34. The smallest absolute Gasteiger partial charge is 0.307 e. The van der Waals surface area contributed by atoms with Gasteiger partial charge in [-0.25, -0.2) is 0 Å². The summed E-state index contributed by atoms with van der Waals surface area (Å²) in [4.78, 5) is 10.6. The van der Waals surface area contributed by atoms with Crippen LogP contribution >= 0.6 is 11.6 Å². The molecule has 0 radical (unpaired) electrons. The van der Waals surface area contributed by atoms with Crippen molar-refractivity contribution < 1.29 is 15.0 Å². The summed E-state index contributed by atoms with van der Waals surface area (Å²) < 4.78 is 0. The molecule has 92 valence electrons. The van der Waals surface area contributed by atoms with Crippen LogP contribution in [0.3, 0.4) is 0 Å². The van der Waals surface area contributed by atoms with Crippen LogP contribution in [0.2, 0.25) is 5.02 Å². The van der Waals surface area contributed by atoms with Gasteiger partial charge >= 0.3 is 5.97 Å². The van der Waals surface area contributed by atoms with Gasteiger partial charge in [0.2, 0.25) is 0 Å². The van der Waals surface area contributed by atoms with Crippen molar-refractivity contribution in [3.05, 3.63) is 53.1 Å². The fourth-order valence-corrected chi connectivity index (χ4v) is 2.03. The number of carboxylic acids is 1. The van der Waals surface area contributed by atoms with Crippen molar-refractivity contribution in [2.24, 2.45) is 0 Å². The Kier molecular flexibility index (Phi) is 3.53. The molecular weight excluding hydrogens is 252 g/mol. The number of hydrogen-bond acceptors (Lipinski definition) is 2. The molecule has 0 fully saturated rings. The van der Waals surface area contributed by atoms with Crippen molar-refractivity contribution in [3.63, 3.8) is 0 Å². The number of aromatic hydroxyl groups is 1. The second-order valence-corrected chi connectivity index (χ2v) is 4.34. The van der Waals surface area contributed by atoms with Gasteiger partial charge < -0.3 is 10.2 Å². The minimum atomic E-state index is -0.886. The molecule has 4 heteroatoms. The lowest BCUT2D eigenvalue weighted by molar-refractivity contribution is -0.136. The fourth-order valence-electron chi connectivity index (χ4n) is 1.72. The minimum Gasteiger partial charge on any atom is -0.508 e. The van der Waals surface area contributed by atoms with Crippen LogP contribution in [0.25, 0.3) is 11.1 Å². The first-order valence-corrected chi connectivity index (χ1v) is 5.73. The maximum atomic E-state index is 10.6. The number of phenolic OH excluding ortho intramolecular Hbond substituents is 1. The number of carbonyl (C=O) groups is 1. The van der Waals surface area contributed by atoms with E-state index in [1.807, 2.05) is 0 Å². The summed E-state index contributed by atoms with van der Waals surface area (Å²) in [7, 11) is 0. The van der Waals surface area contributed by atoms with Crippen molar-refractivity contribution in [1.82, 2.24) is 0 Å². The number of carboxylic acid groups (broad SMARTS) is 1. The summed E-state index contributed by atoms with van der Waals surface area (Å²) in [6.07, 6.45) is -0.0461. The van der Waals surface area contributed by atoms with E-state index in [0.29, 0.717) is 10.6 Å². The van der Waals surface area contributed by atoms with Crippen molar-refractivity contribution in [2.45, 2.75) is 6.42 Å². The molecule has 0 unspecified atom stereocenters. The largest absolute Gasteiger partial charge is 0.508 e. The molecule has 2 rings (SSSR count). The van der Waals surface area contributed by atoms with E-state index in [1.165, 1.54) is 0 Å². The van der Waals surface area contributed by atoms with Crippen LogP contribution in [-0.2, 0) is 11.2 Å².